The van der Waals surface area contributed by atoms with Crippen LogP contribution in [-0.4, -0.2) is 33.3 Å². The Balaban J connectivity index is 1.98. The molecule has 3 rings (SSSR count). The van der Waals surface area contributed by atoms with Crippen LogP contribution >= 0.6 is 15.9 Å². The normalized spacial score (nSPS) is 24.3. The summed E-state index contributed by atoms with van der Waals surface area (Å²) in [6.45, 7) is 2.40. The molecule has 0 spiro atoms. The second-order valence-corrected chi connectivity index (χ2v) is 7.31. The maximum Gasteiger partial charge on any atom is 0.0823 e. The van der Waals surface area contributed by atoms with Crippen molar-refractivity contribution in [3.8, 4) is 0 Å². The van der Waals surface area contributed by atoms with Gasteiger partial charge in [-0.25, -0.2) is 5.43 Å². The van der Waals surface area contributed by atoms with Gasteiger partial charge in [0, 0.05) is 12.6 Å². The lowest BCUT2D eigenvalue weighted by molar-refractivity contribution is 0.0334. The van der Waals surface area contributed by atoms with E-state index in [2.05, 4.69) is 31.4 Å². The summed E-state index contributed by atoms with van der Waals surface area (Å²) in [6.07, 6.45) is 10.9. The highest BCUT2D eigenvalue weighted by atomic mass is 79.9. The lowest BCUT2D eigenvalue weighted by atomic mass is 9.83. The van der Waals surface area contributed by atoms with Gasteiger partial charge >= 0.3 is 0 Å². The van der Waals surface area contributed by atoms with Crippen LogP contribution in [-0.2, 0) is 7.05 Å². The Morgan fingerprint density at radius 1 is 1.24 bits per heavy atom. The first-order valence-corrected chi connectivity index (χ1v) is 8.87. The van der Waals surface area contributed by atoms with Crippen molar-refractivity contribution in [2.45, 2.75) is 56.5 Å². The van der Waals surface area contributed by atoms with Gasteiger partial charge in [-0.2, -0.15) is 5.10 Å². The summed E-state index contributed by atoms with van der Waals surface area (Å²) in [4.78, 5) is 2.70. The van der Waals surface area contributed by atoms with E-state index < -0.39 is 0 Å². The number of rotatable bonds is 4. The van der Waals surface area contributed by atoms with E-state index in [1.54, 1.807) is 0 Å². The van der Waals surface area contributed by atoms with E-state index in [0.717, 1.165) is 4.47 Å². The van der Waals surface area contributed by atoms with Crippen LogP contribution in [0.2, 0.25) is 0 Å². The van der Waals surface area contributed by atoms with E-state index in [-0.39, 0.29) is 11.6 Å². The van der Waals surface area contributed by atoms with Crippen molar-refractivity contribution in [1.82, 2.24) is 20.1 Å². The minimum atomic E-state index is 0.125. The minimum absolute atomic E-state index is 0.125. The third kappa shape index (κ3) is 2.67. The van der Waals surface area contributed by atoms with Gasteiger partial charge in [0.25, 0.3) is 0 Å². The number of hydrogen-bond donors (Lipinski definition) is 2. The molecule has 6 heteroatoms. The quantitative estimate of drug-likeness (QED) is 0.643. The van der Waals surface area contributed by atoms with Crippen molar-refractivity contribution in [3.05, 3.63) is 16.4 Å². The average molecular weight is 356 g/mol. The Morgan fingerprint density at radius 3 is 2.43 bits per heavy atom. The molecule has 5 nitrogen and oxygen atoms in total. The van der Waals surface area contributed by atoms with Gasteiger partial charge in [-0.3, -0.25) is 15.4 Å². The summed E-state index contributed by atoms with van der Waals surface area (Å²) in [5.74, 6) is 6.03. The van der Waals surface area contributed by atoms with E-state index in [4.69, 9.17) is 5.84 Å². The van der Waals surface area contributed by atoms with Crippen molar-refractivity contribution >= 4 is 15.9 Å². The topological polar surface area (TPSA) is 59.1 Å². The van der Waals surface area contributed by atoms with Gasteiger partial charge < -0.3 is 0 Å². The number of aryl methyl sites for hydroxylation is 1. The average Bonchev–Trinajstić information content (AvgIpc) is 3.12. The third-order valence-electron chi connectivity index (χ3n) is 5.37. The summed E-state index contributed by atoms with van der Waals surface area (Å²) in [6, 6.07) is 0.125. The van der Waals surface area contributed by atoms with E-state index in [0.29, 0.717) is 0 Å². The summed E-state index contributed by atoms with van der Waals surface area (Å²) in [5, 5.41) is 4.39. The molecule has 21 heavy (non-hydrogen) atoms. The molecular formula is C15H26BrN5. The predicted molar refractivity (Wildman–Crippen MR) is 87.6 cm³/mol. The lowest BCUT2D eigenvalue weighted by Gasteiger charge is -2.48. The molecule has 1 aromatic rings. The molecule has 3 N–H and O–H groups in total. The summed E-state index contributed by atoms with van der Waals surface area (Å²) in [7, 11) is 2.00. The van der Waals surface area contributed by atoms with Crippen LogP contribution in [0.25, 0.3) is 0 Å². The SMILES string of the molecule is Cn1ncc(Br)c1C(NN)C1(N2CCCCC2)CCCC1. The van der Waals surface area contributed by atoms with Crippen molar-refractivity contribution in [1.29, 1.82) is 0 Å². The van der Waals surface area contributed by atoms with Crippen molar-refractivity contribution < 1.29 is 0 Å². The fraction of sp³-hybridized carbons (Fsp3) is 0.800. The number of hydrazine groups is 1. The van der Waals surface area contributed by atoms with Crippen molar-refractivity contribution in [2.24, 2.45) is 12.9 Å². The Morgan fingerprint density at radius 2 is 1.90 bits per heavy atom. The first-order chi connectivity index (χ1) is 10.2. The Hall–Kier alpha value is -0.430. The van der Waals surface area contributed by atoms with Crippen LogP contribution in [0.3, 0.4) is 0 Å². The van der Waals surface area contributed by atoms with Gasteiger partial charge in [0.05, 0.1) is 22.4 Å². The highest BCUT2D eigenvalue weighted by Crippen LogP contribution is 2.46. The van der Waals surface area contributed by atoms with Crippen LogP contribution in [0, 0.1) is 0 Å². The molecule has 0 radical (unpaired) electrons. The fourth-order valence-corrected chi connectivity index (χ4v) is 4.92. The maximum absolute atomic E-state index is 6.03. The van der Waals surface area contributed by atoms with Crippen LogP contribution in [0.1, 0.15) is 56.7 Å². The molecule has 2 aliphatic rings. The molecule has 0 bridgehead atoms. The number of nitrogens with one attached hydrogen (secondary N) is 1. The summed E-state index contributed by atoms with van der Waals surface area (Å²) in [5.41, 5.74) is 4.45. The number of aromatic nitrogens is 2. The van der Waals surface area contributed by atoms with E-state index in [1.807, 2.05) is 17.9 Å². The lowest BCUT2D eigenvalue weighted by Crippen LogP contribution is -2.58. The standard InChI is InChI=1S/C15H26BrN5/c1-20-13(12(16)11-18-20)14(19-17)15(7-3-4-8-15)21-9-5-2-6-10-21/h11,14,19H,2-10,17H2,1H3. The molecule has 1 aliphatic carbocycles. The molecule has 1 aliphatic heterocycles. The molecule has 1 atom stereocenters. The van der Waals surface area contributed by atoms with E-state index in [1.165, 1.54) is 63.7 Å². The Labute approximate surface area is 135 Å². The van der Waals surface area contributed by atoms with Gasteiger partial charge in [-0.05, 0) is 54.7 Å². The number of nitrogens with zero attached hydrogens (tertiary/aromatic N) is 3. The molecule has 1 saturated heterocycles. The number of hydrogen-bond acceptors (Lipinski definition) is 4. The molecule has 1 aromatic heterocycles. The Kier molecular flexibility index (Phi) is 4.69. The van der Waals surface area contributed by atoms with Gasteiger partial charge in [0.1, 0.15) is 0 Å². The highest BCUT2D eigenvalue weighted by Gasteiger charge is 2.48. The van der Waals surface area contributed by atoms with Crippen LogP contribution in [0.4, 0.5) is 0 Å². The largest absolute Gasteiger partial charge is 0.296 e. The minimum Gasteiger partial charge on any atom is -0.296 e. The zero-order valence-corrected chi connectivity index (χ0v) is 14.4. The molecule has 1 saturated carbocycles. The summed E-state index contributed by atoms with van der Waals surface area (Å²) >= 11 is 3.66. The third-order valence-corrected chi connectivity index (χ3v) is 5.98. The molecule has 1 unspecified atom stereocenters. The zero-order valence-electron chi connectivity index (χ0n) is 12.8. The number of nitrogens with two attached hydrogens (primary N) is 1. The number of likely N-dealkylation sites (tertiary alicyclic amines) is 1. The molecule has 0 amide bonds. The molecule has 2 heterocycles. The van der Waals surface area contributed by atoms with Crippen LogP contribution < -0.4 is 11.3 Å². The highest BCUT2D eigenvalue weighted by molar-refractivity contribution is 9.10. The van der Waals surface area contributed by atoms with Gasteiger partial charge in [-0.15, -0.1) is 0 Å². The molecule has 0 aromatic carbocycles. The first-order valence-electron chi connectivity index (χ1n) is 8.07. The maximum atomic E-state index is 6.03. The summed E-state index contributed by atoms with van der Waals surface area (Å²) < 4.78 is 3.01. The van der Waals surface area contributed by atoms with E-state index in [9.17, 15) is 0 Å². The molecule has 118 valence electrons. The van der Waals surface area contributed by atoms with Crippen molar-refractivity contribution in [3.63, 3.8) is 0 Å². The fourth-order valence-electron chi connectivity index (χ4n) is 4.35. The second kappa shape index (κ2) is 6.36. The van der Waals surface area contributed by atoms with Gasteiger partial charge in [0.2, 0.25) is 0 Å². The van der Waals surface area contributed by atoms with Gasteiger partial charge in [0.15, 0.2) is 0 Å². The Bertz CT molecular complexity index is 455. The van der Waals surface area contributed by atoms with Crippen LogP contribution in [0.15, 0.2) is 10.7 Å². The van der Waals surface area contributed by atoms with Crippen molar-refractivity contribution in [2.75, 3.05) is 13.1 Å². The zero-order chi connectivity index (χ0) is 14.9. The van der Waals surface area contributed by atoms with Crippen LogP contribution in [0.5, 0.6) is 0 Å². The smallest absolute Gasteiger partial charge is 0.0823 e. The monoisotopic (exact) mass is 355 g/mol. The molecular weight excluding hydrogens is 330 g/mol. The van der Waals surface area contributed by atoms with E-state index >= 15 is 0 Å². The first kappa shape index (κ1) is 15.5. The predicted octanol–water partition coefficient (Wildman–Crippen LogP) is 2.49. The second-order valence-electron chi connectivity index (χ2n) is 6.46. The molecule has 2 fully saturated rings. The number of piperidine rings is 1. The number of halogens is 1. The van der Waals surface area contributed by atoms with Gasteiger partial charge in [-0.1, -0.05) is 19.3 Å².